The molecule has 0 saturated carbocycles. The smallest absolute Gasteiger partial charge is 0.328 e. The third-order valence-electron chi connectivity index (χ3n) is 2.08. The monoisotopic (exact) mass is 257 g/mol. The first-order valence-electron chi connectivity index (χ1n) is 5.64. The van der Waals surface area contributed by atoms with Gasteiger partial charge in [0.25, 0.3) is 0 Å². The number of carbonyl (C=O) groups is 1. The number of benzene rings is 1. The van der Waals surface area contributed by atoms with Gasteiger partial charge in [0.05, 0.1) is 5.69 Å². The molecule has 100 valence electrons. The molecule has 0 amide bonds. The molecule has 0 heterocycles. The zero-order valence-electron chi connectivity index (χ0n) is 10.9. The van der Waals surface area contributed by atoms with E-state index in [1.807, 2.05) is 0 Å². The molecule has 1 rings (SSSR count). The molecule has 0 spiro atoms. The molecule has 1 aromatic carbocycles. The topological polar surface area (TPSA) is 38.3 Å². The number of anilines is 1. The predicted molar refractivity (Wildman–Crippen MR) is 65.3 cm³/mol. The maximum atomic E-state index is 13.4. The van der Waals surface area contributed by atoms with Crippen LogP contribution in [-0.2, 0) is 9.53 Å². The van der Waals surface area contributed by atoms with Crippen LogP contribution < -0.4 is 5.32 Å². The lowest BCUT2D eigenvalue weighted by Gasteiger charge is -2.23. The van der Waals surface area contributed by atoms with E-state index in [2.05, 4.69) is 5.32 Å². The average molecular weight is 257 g/mol. The second-order valence-electron chi connectivity index (χ2n) is 5.00. The van der Waals surface area contributed by atoms with Crippen LogP contribution in [0.25, 0.3) is 0 Å². The zero-order valence-corrected chi connectivity index (χ0v) is 10.9. The minimum Gasteiger partial charge on any atom is -0.458 e. The third kappa shape index (κ3) is 3.98. The Bertz CT molecular complexity index is 441. The van der Waals surface area contributed by atoms with Gasteiger partial charge in [-0.25, -0.2) is 13.6 Å². The van der Waals surface area contributed by atoms with Crippen molar-refractivity contribution in [2.24, 2.45) is 0 Å². The van der Waals surface area contributed by atoms with Crippen molar-refractivity contribution in [1.29, 1.82) is 0 Å². The van der Waals surface area contributed by atoms with Gasteiger partial charge in [-0.15, -0.1) is 0 Å². The number of carbonyl (C=O) groups excluding carboxylic acids is 1. The number of halogens is 2. The summed E-state index contributed by atoms with van der Waals surface area (Å²) in [5, 5.41) is 2.58. The third-order valence-corrected chi connectivity index (χ3v) is 2.08. The first-order chi connectivity index (χ1) is 8.20. The highest BCUT2D eigenvalue weighted by Gasteiger charge is 2.22. The fourth-order valence-electron chi connectivity index (χ4n) is 1.30. The molecule has 1 N–H and O–H groups in total. The van der Waals surface area contributed by atoms with Crippen molar-refractivity contribution in [2.45, 2.75) is 39.3 Å². The van der Waals surface area contributed by atoms with Crippen molar-refractivity contribution in [3.8, 4) is 0 Å². The van der Waals surface area contributed by atoms with Crippen LogP contribution >= 0.6 is 0 Å². The molecule has 0 aromatic heterocycles. The van der Waals surface area contributed by atoms with Crippen molar-refractivity contribution >= 4 is 11.7 Å². The minimum absolute atomic E-state index is 0.0617. The van der Waals surface area contributed by atoms with Gasteiger partial charge < -0.3 is 10.1 Å². The minimum atomic E-state index is -1.01. The molecule has 0 saturated heterocycles. The van der Waals surface area contributed by atoms with Crippen LogP contribution in [0, 0.1) is 11.6 Å². The van der Waals surface area contributed by atoms with Gasteiger partial charge in [0.1, 0.15) is 11.6 Å². The van der Waals surface area contributed by atoms with Crippen molar-refractivity contribution in [2.75, 3.05) is 5.32 Å². The zero-order chi connectivity index (χ0) is 13.9. The van der Waals surface area contributed by atoms with Crippen LogP contribution in [0.4, 0.5) is 14.5 Å². The fraction of sp³-hybridized carbons (Fsp3) is 0.462. The molecule has 5 heteroatoms. The van der Waals surface area contributed by atoms with Crippen molar-refractivity contribution in [3.63, 3.8) is 0 Å². The van der Waals surface area contributed by atoms with E-state index in [1.165, 1.54) is 19.1 Å². The Morgan fingerprint density at radius 3 is 2.50 bits per heavy atom. The van der Waals surface area contributed by atoms with Crippen molar-refractivity contribution in [3.05, 3.63) is 29.8 Å². The Morgan fingerprint density at radius 2 is 1.94 bits per heavy atom. The molecule has 0 aliphatic heterocycles. The standard InChI is InChI=1S/C13H17F2NO2/c1-8(12(17)18-13(2,3)4)16-10-7-5-6-9(14)11(10)15/h5-8,16H,1-4H3. The maximum Gasteiger partial charge on any atom is 0.328 e. The average Bonchev–Trinajstić information content (AvgIpc) is 2.22. The summed E-state index contributed by atoms with van der Waals surface area (Å²) >= 11 is 0. The summed E-state index contributed by atoms with van der Waals surface area (Å²) in [6, 6.07) is 2.97. The van der Waals surface area contributed by atoms with E-state index in [1.54, 1.807) is 20.8 Å². The summed E-state index contributed by atoms with van der Waals surface area (Å²) in [5.74, 6) is -2.49. The number of rotatable bonds is 3. The summed E-state index contributed by atoms with van der Waals surface area (Å²) in [6.45, 7) is 6.74. The van der Waals surface area contributed by atoms with Crippen molar-refractivity contribution in [1.82, 2.24) is 0 Å². The van der Waals surface area contributed by atoms with E-state index in [4.69, 9.17) is 4.74 Å². The Labute approximate surface area is 105 Å². The quantitative estimate of drug-likeness (QED) is 0.845. The van der Waals surface area contributed by atoms with Gasteiger partial charge in [-0.3, -0.25) is 0 Å². The largest absolute Gasteiger partial charge is 0.458 e. The van der Waals surface area contributed by atoms with Gasteiger partial charge in [-0.2, -0.15) is 0 Å². The second kappa shape index (κ2) is 5.33. The number of hydrogen-bond donors (Lipinski definition) is 1. The van der Waals surface area contributed by atoms with Gasteiger partial charge in [0, 0.05) is 0 Å². The molecule has 1 aromatic rings. The molecule has 0 aliphatic carbocycles. The highest BCUT2D eigenvalue weighted by molar-refractivity contribution is 5.79. The van der Waals surface area contributed by atoms with Gasteiger partial charge in [-0.1, -0.05) is 6.07 Å². The van der Waals surface area contributed by atoms with Crippen molar-refractivity contribution < 1.29 is 18.3 Å². The fourth-order valence-corrected chi connectivity index (χ4v) is 1.30. The summed E-state index contributed by atoms with van der Waals surface area (Å²) in [5.41, 5.74) is -0.679. The summed E-state index contributed by atoms with van der Waals surface area (Å²) < 4.78 is 31.5. The highest BCUT2D eigenvalue weighted by atomic mass is 19.2. The van der Waals surface area contributed by atoms with Gasteiger partial charge in [0.15, 0.2) is 11.6 Å². The van der Waals surface area contributed by atoms with Gasteiger partial charge in [0.2, 0.25) is 0 Å². The van der Waals surface area contributed by atoms with Crippen LogP contribution in [0.5, 0.6) is 0 Å². The molecule has 18 heavy (non-hydrogen) atoms. The van der Waals surface area contributed by atoms with Crippen LogP contribution in [0.3, 0.4) is 0 Å². The molecule has 0 aliphatic rings. The summed E-state index contributed by atoms with van der Waals surface area (Å²) in [7, 11) is 0. The van der Waals surface area contributed by atoms with E-state index >= 15 is 0 Å². The van der Waals surface area contributed by atoms with E-state index in [-0.39, 0.29) is 5.69 Å². The molecule has 1 unspecified atom stereocenters. The Kier molecular flexibility index (Phi) is 4.27. The molecular weight excluding hydrogens is 240 g/mol. The number of hydrogen-bond acceptors (Lipinski definition) is 3. The van der Waals surface area contributed by atoms with Gasteiger partial charge in [-0.05, 0) is 39.8 Å². The van der Waals surface area contributed by atoms with Crippen LogP contribution in [-0.4, -0.2) is 17.6 Å². The first kappa shape index (κ1) is 14.4. The van der Waals surface area contributed by atoms with Crippen LogP contribution in [0.15, 0.2) is 18.2 Å². The Hall–Kier alpha value is -1.65. The summed E-state index contributed by atoms with van der Waals surface area (Å²) in [6.07, 6.45) is 0. The molecule has 3 nitrogen and oxygen atoms in total. The first-order valence-corrected chi connectivity index (χ1v) is 5.64. The van der Waals surface area contributed by atoms with Crippen LogP contribution in [0.2, 0.25) is 0 Å². The number of nitrogens with one attached hydrogen (secondary N) is 1. The lowest BCUT2D eigenvalue weighted by Crippen LogP contribution is -2.34. The second-order valence-corrected chi connectivity index (χ2v) is 5.00. The lowest BCUT2D eigenvalue weighted by molar-refractivity contribution is -0.155. The summed E-state index contributed by atoms with van der Waals surface area (Å²) in [4.78, 5) is 11.7. The normalized spacial score (nSPS) is 13.0. The maximum absolute atomic E-state index is 13.4. The van der Waals surface area contributed by atoms with E-state index in [0.717, 1.165) is 6.07 Å². The number of esters is 1. The molecule has 0 bridgehead atoms. The SMILES string of the molecule is CC(Nc1cccc(F)c1F)C(=O)OC(C)(C)C. The van der Waals surface area contributed by atoms with Gasteiger partial charge >= 0.3 is 5.97 Å². The molecule has 0 fully saturated rings. The molecule has 0 radical (unpaired) electrons. The molecular formula is C13H17F2NO2. The number of ether oxygens (including phenoxy) is 1. The van der Waals surface area contributed by atoms with Crippen LogP contribution in [0.1, 0.15) is 27.7 Å². The Balaban J connectivity index is 2.73. The molecule has 1 atom stereocenters. The highest BCUT2D eigenvalue weighted by Crippen LogP contribution is 2.18. The van der Waals surface area contributed by atoms with E-state index in [9.17, 15) is 13.6 Å². The lowest BCUT2D eigenvalue weighted by atomic mass is 10.2. The predicted octanol–water partition coefficient (Wildman–Crippen LogP) is 3.11. The van der Waals surface area contributed by atoms with E-state index < -0.39 is 29.2 Å². The Morgan fingerprint density at radius 1 is 1.33 bits per heavy atom. The van der Waals surface area contributed by atoms with E-state index in [0.29, 0.717) is 0 Å².